The molecule has 0 spiro atoms. The number of rotatable bonds is 7. The van der Waals surface area contributed by atoms with Crippen LogP contribution in [0.5, 0.6) is 0 Å². The van der Waals surface area contributed by atoms with Gasteiger partial charge in [0.1, 0.15) is 5.76 Å². The zero-order valence-corrected chi connectivity index (χ0v) is 36.9. The van der Waals surface area contributed by atoms with Crippen molar-refractivity contribution in [2.24, 2.45) is 11.5 Å². The molecule has 0 heterocycles. The van der Waals surface area contributed by atoms with Crippen molar-refractivity contribution in [3.8, 4) is 0 Å². The summed E-state index contributed by atoms with van der Waals surface area (Å²) < 4.78 is 0. The number of allylic oxidation sites excluding steroid dienone is 10. The lowest BCUT2D eigenvalue weighted by atomic mass is 9.92. The summed E-state index contributed by atoms with van der Waals surface area (Å²) in [6.07, 6.45) is 10.5. The first kappa shape index (κ1) is 50.9. The Balaban J connectivity index is 0.00000190. The molecule has 0 atom stereocenters. The quantitative estimate of drug-likeness (QED) is 0.0416. The van der Waals surface area contributed by atoms with Gasteiger partial charge in [-0.2, -0.15) is 0 Å². The van der Waals surface area contributed by atoms with Gasteiger partial charge in [0.15, 0.2) is 5.78 Å². The van der Waals surface area contributed by atoms with Crippen LogP contribution < -0.4 is 17.2 Å². The first-order valence-corrected chi connectivity index (χ1v) is 20.2. The van der Waals surface area contributed by atoms with Crippen molar-refractivity contribution < 1.29 is 9.90 Å². The number of aliphatic hydroxyl groups is 1. The standard InChI is InChI=1S/C38H36N2O2.C3H8.C2H5NS.C2H7N.2C2H6/c1-23(31-14-6-12-28-13-8-16-34(40)38(28)31)17-18-29-19-20-30(37(29)36(25(3)41)26(4)42)21-22-33(39)32-15-7-11-27-10-5-9-24(2)35(27)32;1-3-2;1-2(3)4;1-2-3;2*1-2/h5-18,21-22,39,41H,19-20,40H2,1-4H3;3H2,1-2H3;1H3,(H2,3,4);2-3H2,1H3;2*1-2H3/b22-21?,23-17+,29-18+,36-25?,39-33?;;;;;. The lowest BCUT2D eigenvalue weighted by Crippen LogP contribution is -2.05. The average Bonchev–Trinajstić information content (AvgIpc) is 3.56. The van der Waals surface area contributed by atoms with E-state index in [-0.39, 0.29) is 11.5 Å². The fraction of sp³-hybridized carbons (Fsp3) is 0.327. The number of hydrogen-bond donors (Lipinski definition) is 5. The molecule has 0 radical (unpaired) electrons. The van der Waals surface area contributed by atoms with Crippen molar-refractivity contribution in [3.05, 3.63) is 142 Å². The van der Waals surface area contributed by atoms with E-state index in [1.807, 2.05) is 83.2 Å². The summed E-state index contributed by atoms with van der Waals surface area (Å²) in [7, 11) is 0. The molecule has 4 aromatic rings. The van der Waals surface area contributed by atoms with Gasteiger partial charge in [-0.3, -0.25) is 4.79 Å². The lowest BCUT2D eigenvalue weighted by Gasteiger charge is -2.12. The molecule has 0 saturated carbocycles. The summed E-state index contributed by atoms with van der Waals surface area (Å²) >= 11 is 4.31. The van der Waals surface area contributed by atoms with Gasteiger partial charge in [0, 0.05) is 16.6 Å². The Morgan fingerprint density at radius 2 is 1.29 bits per heavy atom. The molecule has 1 aliphatic carbocycles. The van der Waals surface area contributed by atoms with Crippen LogP contribution in [-0.2, 0) is 4.79 Å². The molecule has 8 N–H and O–H groups in total. The van der Waals surface area contributed by atoms with Crippen LogP contribution in [0.2, 0.25) is 0 Å². The molecule has 6 nitrogen and oxygen atoms in total. The van der Waals surface area contributed by atoms with E-state index in [0.717, 1.165) is 79.2 Å². The van der Waals surface area contributed by atoms with Crippen molar-refractivity contribution in [2.45, 2.75) is 102 Å². The van der Waals surface area contributed by atoms with E-state index in [1.165, 1.54) is 13.3 Å². The highest BCUT2D eigenvalue weighted by molar-refractivity contribution is 7.80. The van der Waals surface area contributed by atoms with E-state index in [4.69, 9.17) is 22.6 Å². The molecule has 7 heteroatoms. The van der Waals surface area contributed by atoms with E-state index >= 15 is 0 Å². The topological polar surface area (TPSA) is 139 Å². The van der Waals surface area contributed by atoms with Gasteiger partial charge in [-0.15, -0.1) is 0 Å². The largest absolute Gasteiger partial charge is 0.512 e. The van der Waals surface area contributed by atoms with Crippen LogP contribution in [0.3, 0.4) is 0 Å². The summed E-state index contributed by atoms with van der Waals surface area (Å²) in [6.45, 7) is 23.7. The molecular formula is C49H68N4O2S. The van der Waals surface area contributed by atoms with Gasteiger partial charge in [0.05, 0.1) is 16.3 Å². The van der Waals surface area contributed by atoms with E-state index in [1.54, 1.807) is 13.8 Å². The first-order valence-electron chi connectivity index (χ1n) is 19.7. The number of Topliss-reactive ketones (excluding diaryl/α,β-unsaturated/α-hetero) is 1. The van der Waals surface area contributed by atoms with Gasteiger partial charge in [0.2, 0.25) is 0 Å². The third-order valence-electron chi connectivity index (χ3n) is 8.02. The van der Waals surface area contributed by atoms with Gasteiger partial charge >= 0.3 is 0 Å². The van der Waals surface area contributed by atoms with E-state index < -0.39 is 0 Å². The minimum atomic E-state index is -0.189. The van der Waals surface area contributed by atoms with Crippen LogP contribution in [-0.4, -0.2) is 28.1 Å². The lowest BCUT2D eigenvalue weighted by molar-refractivity contribution is -0.113. The number of aryl methyl sites for hydroxylation is 1. The van der Waals surface area contributed by atoms with Crippen LogP contribution in [0, 0.1) is 12.3 Å². The molecule has 5 rings (SSSR count). The number of nitrogens with one attached hydrogen (secondary N) is 1. The monoisotopic (exact) mass is 777 g/mol. The van der Waals surface area contributed by atoms with E-state index in [2.05, 4.69) is 88.5 Å². The average molecular weight is 777 g/mol. The van der Waals surface area contributed by atoms with E-state index in [9.17, 15) is 9.90 Å². The second-order valence-electron chi connectivity index (χ2n) is 12.7. The SMILES string of the molecule is CC.CC.CC(=O)C(=C(C)O)C1=C(C=CC(=N)c2cccc3cccc(C)c23)CC/C1=C\C=C(/C)c1cccc2cccc(N)c12.CC(N)=S.CCC.CCN. The second kappa shape index (κ2) is 27.5. The van der Waals surface area contributed by atoms with Crippen molar-refractivity contribution in [2.75, 3.05) is 12.3 Å². The van der Waals surface area contributed by atoms with E-state index in [0.29, 0.717) is 22.7 Å². The Morgan fingerprint density at radius 1 is 0.821 bits per heavy atom. The number of nitrogens with two attached hydrogens (primary N) is 3. The summed E-state index contributed by atoms with van der Waals surface area (Å²) in [6, 6.07) is 24.3. The zero-order chi connectivity index (χ0) is 43.0. The van der Waals surface area contributed by atoms with Gasteiger partial charge in [0.25, 0.3) is 0 Å². The Hall–Kier alpha value is -5.11. The summed E-state index contributed by atoms with van der Waals surface area (Å²) in [4.78, 5) is 13.3. The number of hydrogen-bond acceptors (Lipinski definition) is 6. The zero-order valence-electron chi connectivity index (χ0n) is 36.1. The van der Waals surface area contributed by atoms with Crippen LogP contribution in [0.1, 0.15) is 112 Å². The number of nitrogen functional groups attached to an aromatic ring is 1. The highest BCUT2D eigenvalue weighted by Gasteiger charge is 2.25. The molecule has 0 fully saturated rings. The molecule has 0 aliphatic heterocycles. The number of ketones is 1. The van der Waals surface area contributed by atoms with Crippen molar-refractivity contribution in [1.29, 1.82) is 5.41 Å². The molecule has 56 heavy (non-hydrogen) atoms. The smallest absolute Gasteiger partial charge is 0.163 e. The second-order valence-corrected chi connectivity index (χ2v) is 13.3. The Labute approximate surface area is 343 Å². The normalized spacial score (nSPS) is 13.1. The summed E-state index contributed by atoms with van der Waals surface area (Å²) in [5, 5.41) is 23.8. The molecule has 0 saturated heterocycles. The maximum absolute atomic E-state index is 12.8. The Kier molecular flexibility index (Phi) is 25.0. The molecule has 302 valence electrons. The highest BCUT2D eigenvalue weighted by atomic mass is 32.1. The molecule has 0 amide bonds. The molecule has 0 bridgehead atoms. The van der Waals surface area contributed by atoms with Crippen molar-refractivity contribution in [1.82, 2.24) is 0 Å². The first-order chi connectivity index (χ1) is 26.7. The number of carbonyl (C=O) groups is 1. The predicted molar refractivity (Wildman–Crippen MR) is 253 cm³/mol. The van der Waals surface area contributed by atoms with Gasteiger partial charge in [-0.1, -0.05) is 152 Å². The minimum Gasteiger partial charge on any atom is -0.512 e. The Bertz CT molecular complexity index is 2040. The number of fused-ring (bicyclic) bond motifs is 2. The number of carbonyl (C=O) groups excluding carboxylic acids is 1. The fourth-order valence-electron chi connectivity index (χ4n) is 6.03. The predicted octanol–water partition coefficient (Wildman–Crippen LogP) is 13.1. The number of thiocarbonyl (C=S) groups is 1. The molecule has 0 aromatic heterocycles. The summed E-state index contributed by atoms with van der Waals surface area (Å²) in [5.74, 6) is -0.190. The molecular weight excluding hydrogens is 709 g/mol. The number of benzene rings is 4. The third-order valence-corrected chi connectivity index (χ3v) is 8.02. The van der Waals surface area contributed by atoms with Crippen molar-refractivity contribution in [3.63, 3.8) is 0 Å². The van der Waals surface area contributed by atoms with Crippen LogP contribution in [0.25, 0.3) is 27.1 Å². The Morgan fingerprint density at radius 3 is 1.79 bits per heavy atom. The summed E-state index contributed by atoms with van der Waals surface area (Å²) in [5.41, 5.74) is 24.3. The number of aliphatic hydroxyl groups excluding tert-OH is 1. The van der Waals surface area contributed by atoms with Crippen LogP contribution >= 0.6 is 12.2 Å². The fourth-order valence-corrected chi connectivity index (χ4v) is 6.03. The van der Waals surface area contributed by atoms with Crippen LogP contribution in [0.15, 0.2) is 125 Å². The maximum Gasteiger partial charge on any atom is 0.163 e. The van der Waals surface area contributed by atoms with Gasteiger partial charge < -0.3 is 27.7 Å². The van der Waals surface area contributed by atoms with Gasteiger partial charge in [-0.25, -0.2) is 0 Å². The van der Waals surface area contributed by atoms with Crippen molar-refractivity contribution >= 4 is 61.5 Å². The molecule has 0 unspecified atom stereocenters. The highest BCUT2D eigenvalue weighted by Crippen LogP contribution is 2.39. The van der Waals surface area contributed by atoms with Gasteiger partial charge in [-0.05, 0) is 116 Å². The van der Waals surface area contributed by atoms with Crippen LogP contribution in [0.4, 0.5) is 5.69 Å². The maximum atomic E-state index is 12.8. The molecule has 1 aliphatic rings. The number of anilines is 1. The third kappa shape index (κ3) is 15.2. The molecule has 4 aromatic carbocycles. The minimum absolute atomic E-state index is 0.00140.